The van der Waals surface area contributed by atoms with Gasteiger partial charge in [-0.1, -0.05) is 41.9 Å². The highest BCUT2D eigenvalue weighted by molar-refractivity contribution is 6.30. The minimum absolute atomic E-state index is 0.184. The number of hydrogen-bond donors (Lipinski definition) is 1. The van der Waals surface area contributed by atoms with Gasteiger partial charge in [0.25, 0.3) is 0 Å². The molecule has 2 rings (SSSR count). The molecule has 1 unspecified atom stereocenters. The Morgan fingerprint density at radius 3 is 2.32 bits per heavy atom. The average molecular weight is 277 g/mol. The SMILES string of the molecule is O=[N+]([O-])CC(Nc1ccccc1)c1ccc(Cl)cc1. The van der Waals surface area contributed by atoms with Crippen molar-refractivity contribution in [1.29, 1.82) is 0 Å². The lowest BCUT2D eigenvalue weighted by Gasteiger charge is -2.16. The van der Waals surface area contributed by atoms with E-state index in [4.69, 9.17) is 11.6 Å². The molecule has 0 aliphatic rings. The molecule has 0 amide bonds. The first-order chi connectivity index (χ1) is 9.15. The van der Waals surface area contributed by atoms with Gasteiger partial charge >= 0.3 is 0 Å². The smallest absolute Gasteiger partial charge is 0.227 e. The summed E-state index contributed by atoms with van der Waals surface area (Å²) in [5, 5.41) is 14.6. The van der Waals surface area contributed by atoms with Gasteiger partial charge in [0.05, 0.1) is 0 Å². The first-order valence-electron chi connectivity index (χ1n) is 5.84. The van der Waals surface area contributed by atoms with E-state index in [2.05, 4.69) is 5.32 Å². The third kappa shape index (κ3) is 3.96. The molecule has 0 heterocycles. The Labute approximate surface area is 116 Å². The van der Waals surface area contributed by atoms with E-state index < -0.39 is 0 Å². The molecule has 0 bridgehead atoms. The number of halogens is 1. The van der Waals surface area contributed by atoms with Crippen molar-refractivity contribution in [2.45, 2.75) is 6.04 Å². The summed E-state index contributed by atoms with van der Waals surface area (Å²) in [5.74, 6) is 0. The Bertz CT molecular complexity index is 543. The first-order valence-corrected chi connectivity index (χ1v) is 6.22. The first kappa shape index (κ1) is 13.4. The van der Waals surface area contributed by atoms with Gasteiger partial charge < -0.3 is 5.32 Å². The zero-order valence-electron chi connectivity index (χ0n) is 10.1. The average Bonchev–Trinajstić information content (AvgIpc) is 2.39. The van der Waals surface area contributed by atoms with E-state index in [9.17, 15) is 10.1 Å². The number of para-hydroxylation sites is 1. The second-order valence-electron chi connectivity index (χ2n) is 4.13. The van der Waals surface area contributed by atoms with Crippen molar-refractivity contribution in [3.8, 4) is 0 Å². The molecule has 2 aromatic carbocycles. The normalized spacial score (nSPS) is 11.8. The van der Waals surface area contributed by atoms with Crippen LogP contribution in [0, 0.1) is 10.1 Å². The molecule has 0 radical (unpaired) electrons. The molecule has 0 aliphatic carbocycles. The number of benzene rings is 2. The zero-order valence-corrected chi connectivity index (χ0v) is 10.9. The van der Waals surface area contributed by atoms with Gasteiger partial charge in [-0.15, -0.1) is 0 Å². The molecule has 0 aliphatic heterocycles. The fourth-order valence-corrected chi connectivity index (χ4v) is 1.94. The minimum atomic E-state index is -0.380. The van der Waals surface area contributed by atoms with Crippen molar-refractivity contribution in [1.82, 2.24) is 0 Å². The van der Waals surface area contributed by atoms with Gasteiger partial charge in [0.1, 0.15) is 6.04 Å². The monoisotopic (exact) mass is 276 g/mol. The van der Waals surface area contributed by atoms with Gasteiger partial charge in [-0.3, -0.25) is 10.1 Å². The minimum Gasteiger partial charge on any atom is -0.372 e. The molecule has 1 N–H and O–H groups in total. The highest BCUT2D eigenvalue weighted by Gasteiger charge is 2.17. The van der Waals surface area contributed by atoms with E-state index in [0.29, 0.717) is 5.02 Å². The van der Waals surface area contributed by atoms with Crippen LogP contribution in [0.4, 0.5) is 5.69 Å². The van der Waals surface area contributed by atoms with Gasteiger partial charge in [0.15, 0.2) is 0 Å². The number of hydrogen-bond acceptors (Lipinski definition) is 3. The summed E-state index contributed by atoms with van der Waals surface area (Å²) < 4.78 is 0. The topological polar surface area (TPSA) is 55.2 Å². The van der Waals surface area contributed by atoms with Crippen LogP contribution < -0.4 is 5.32 Å². The van der Waals surface area contributed by atoms with Crippen molar-refractivity contribution in [2.24, 2.45) is 0 Å². The van der Waals surface area contributed by atoms with Crippen molar-refractivity contribution in [3.63, 3.8) is 0 Å². The number of nitrogens with zero attached hydrogens (tertiary/aromatic N) is 1. The van der Waals surface area contributed by atoms with Crippen LogP contribution in [0.5, 0.6) is 0 Å². The van der Waals surface area contributed by atoms with Crippen LogP contribution in [0.15, 0.2) is 54.6 Å². The summed E-state index contributed by atoms with van der Waals surface area (Å²) in [5.41, 5.74) is 1.69. The van der Waals surface area contributed by atoms with Crippen LogP contribution in [0.1, 0.15) is 11.6 Å². The third-order valence-corrected chi connectivity index (χ3v) is 2.97. The lowest BCUT2D eigenvalue weighted by Crippen LogP contribution is -2.20. The molecule has 98 valence electrons. The second-order valence-corrected chi connectivity index (χ2v) is 4.57. The van der Waals surface area contributed by atoms with Crippen LogP contribution in [-0.4, -0.2) is 11.5 Å². The number of nitrogens with one attached hydrogen (secondary N) is 1. The second kappa shape index (κ2) is 6.20. The highest BCUT2D eigenvalue weighted by atomic mass is 35.5. The Morgan fingerprint density at radius 1 is 1.11 bits per heavy atom. The Balaban J connectivity index is 2.20. The largest absolute Gasteiger partial charge is 0.372 e. The van der Waals surface area contributed by atoms with Crippen LogP contribution in [0.25, 0.3) is 0 Å². The number of nitro groups is 1. The number of rotatable bonds is 5. The maximum Gasteiger partial charge on any atom is 0.227 e. The van der Waals surface area contributed by atoms with Crippen molar-refractivity contribution < 1.29 is 4.92 Å². The molecule has 0 saturated carbocycles. The molecule has 0 spiro atoms. The molecule has 0 aromatic heterocycles. The zero-order chi connectivity index (χ0) is 13.7. The Kier molecular flexibility index (Phi) is 4.36. The molecule has 0 saturated heterocycles. The van der Waals surface area contributed by atoms with Gasteiger partial charge in [0.2, 0.25) is 6.54 Å². The van der Waals surface area contributed by atoms with E-state index >= 15 is 0 Å². The fourth-order valence-electron chi connectivity index (χ4n) is 1.81. The Hall–Kier alpha value is -2.07. The van der Waals surface area contributed by atoms with E-state index in [1.54, 1.807) is 24.3 Å². The van der Waals surface area contributed by atoms with E-state index in [1.807, 2.05) is 30.3 Å². The predicted octanol–water partition coefficient (Wildman–Crippen LogP) is 3.77. The summed E-state index contributed by atoms with van der Waals surface area (Å²) in [7, 11) is 0. The molecule has 4 nitrogen and oxygen atoms in total. The predicted molar refractivity (Wildman–Crippen MR) is 76.1 cm³/mol. The number of anilines is 1. The lowest BCUT2D eigenvalue weighted by atomic mass is 10.1. The van der Waals surface area contributed by atoms with Crippen molar-refractivity contribution in [3.05, 3.63) is 75.3 Å². The van der Waals surface area contributed by atoms with E-state index in [1.165, 1.54) is 0 Å². The van der Waals surface area contributed by atoms with Crippen LogP contribution in [0.2, 0.25) is 5.02 Å². The molecule has 1 atom stereocenters. The molecule has 2 aromatic rings. The fraction of sp³-hybridized carbons (Fsp3) is 0.143. The van der Waals surface area contributed by atoms with Crippen LogP contribution in [0.3, 0.4) is 0 Å². The summed E-state index contributed by atoms with van der Waals surface area (Å²) in [6.45, 7) is -0.184. The lowest BCUT2D eigenvalue weighted by molar-refractivity contribution is -0.482. The summed E-state index contributed by atoms with van der Waals surface area (Å²) >= 11 is 5.83. The maximum atomic E-state index is 10.8. The van der Waals surface area contributed by atoms with Crippen molar-refractivity contribution >= 4 is 17.3 Å². The van der Waals surface area contributed by atoms with Crippen LogP contribution >= 0.6 is 11.6 Å². The molecular weight excluding hydrogens is 264 g/mol. The van der Waals surface area contributed by atoms with Gasteiger partial charge in [0, 0.05) is 15.6 Å². The van der Waals surface area contributed by atoms with Crippen molar-refractivity contribution in [2.75, 3.05) is 11.9 Å². The van der Waals surface area contributed by atoms with Gasteiger partial charge in [-0.25, -0.2) is 0 Å². The van der Waals surface area contributed by atoms with Gasteiger partial charge in [-0.2, -0.15) is 0 Å². The standard InChI is InChI=1S/C14H13ClN2O2/c15-12-8-6-11(7-9-12)14(10-17(18)19)16-13-4-2-1-3-5-13/h1-9,14,16H,10H2. The summed E-state index contributed by atoms with van der Waals surface area (Å²) in [4.78, 5) is 10.5. The van der Waals surface area contributed by atoms with Gasteiger partial charge in [-0.05, 0) is 29.8 Å². The van der Waals surface area contributed by atoms with E-state index in [-0.39, 0.29) is 17.5 Å². The summed E-state index contributed by atoms with van der Waals surface area (Å²) in [6.07, 6.45) is 0. The maximum absolute atomic E-state index is 10.8. The quantitative estimate of drug-likeness (QED) is 0.668. The van der Waals surface area contributed by atoms with Crippen LogP contribution in [-0.2, 0) is 0 Å². The highest BCUT2D eigenvalue weighted by Crippen LogP contribution is 2.21. The third-order valence-electron chi connectivity index (χ3n) is 2.72. The molecular formula is C14H13ClN2O2. The van der Waals surface area contributed by atoms with E-state index in [0.717, 1.165) is 11.3 Å². The Morgan fingerprint density at radius 2 is 1.74 bits per heavy atom. The molecule has 19 heavy (non-hydrogen) atoms. The molecule has 0 fully saturated rings. The summed E-state index contributed by atoms with van der Waals surface area (Å²) in [6, 6.07) is 16.1. The molecule has 5 heteroatoms.